The van der Waals surface area contributed by atoms with Gasteiger partial charge in [-0.1, -0.05) is 255 Å². The second kappa shape index (κ2) is 25.7. The average molecular weight is 1380 g/mol. The van der Waals surface area contributed by atoms with Crippen LogP contribution < -0.4 is 0 Å². The van der Waals surface area contributed by atoms with Gasteiger partial charge >= 0.3 is 0 Å². The molecular formula is C100H60N4O4. The number of para-hydroxylation sites is 6. The van der Waals surface area contributed by atoms with E-state index in [2.05, 4.69) is 291 Å². The highest BCUT2D eigenvalue weighted by Gasteiger charge is 2.22. The summed E-state index contributed by atoms with van der Waals surface area (Å²) in [4.78, 5) is 21.1. The second-order valence-corrected chi connectivity index (χ2v) is 27.6. The van der Waals surface area contributed by atoms with E-state index in [9.17, 15) is 0 Å². The Labute approximate surface area is 619 Å². The Morgan fingerprint density at radius 3 is 0.907 bits per heavy atom. The third-order valence-corrected chi connectivity index (χ3v) is 20.9. The molecule has 504 valence electrons. The molecule has 0 aliphatic rings. The zero-order chi connectivity index (χ0) is 71.2. The van der Waals surface area contributed by atoms with E-state index in [1.54, 1.807) is 0 Å². The SMILES string of the molecule is c1ccc(-c2cc(-c3ccc4ccccc4c3)nc(-c3cc(-c4ccc5oc6ccccc6c5c4)cc(-c4ccc5oc6ccccc6c5c4)c3)n2)cc1.c1ccc(-c2cc(-c3ccc4ccccc4c3)nc(-c3cc(-c4cccc5c4oc4ccccc45)cc(-c4cccc5c4oc4ccccc45)c3)n2)cc1. The van der Waals surface area contributed by atoms with Gasteiger partial charge in [-0.25, -0.2) is 19.9 Å². The first kappa shape index (κ1) is 62.0. The highest BCUT2D eigenvalue weighted by atomic mass is 16.3. The lowest BCUT2D eigenvalue weighted by Gasteiger charge is -2.13. The summed E-state index contributed by atoms with van der Waals surface area (Å²) >= 11 is 0. The lowest BCUT2D eigenvalue weighted by atomic mass is 9.93. The molecule has 22 aromatic rings. The number of furan rings is 4. The van der Waals surface area contributed by atoms with Crippen LogP contribution in [0.25, 0.3) is 222 Å². The molecule has 0 spiro atoms. The summed E-state index contributed by atoms with van der Waals surface area (Å²) in [6.45, 7) is 0. The van der Waals surface area contributed by atoms with Gasteiger partial charge in [0.05, 0.1) is 22.8 Å². The van der Waals surface area contributed by atoms with Crippen molar-refractivity contribution in [2.75, 3.05) is 0 Å². The molecule has 0 unspecified atom stereocenters. The predicted molar refractivity (Wildman–Crippen MR) is 443 cm³/mol. The van der Waals surface area contributed by atoms with Gasteiger partial charge in [0.15, 0.2) is 11.6 Å². The molecule has 0 amide bonds. The zero-order valence-corrected chi connectivity index (χ0v) is 58.1. The Morgan fingerprint density at radius 1 is 0.157 bits per heavy atom. The number of aromatic nitrogens is 4. The number of nitrogens with zero attached hydrogens (tertiary/aromatic N) is 4. The van der Waals surface area contributed by atoms with Crippen molar-refractivity contribution < 1.29 is 17.7 Å². The molecule has 108 heavy (non-hydrogen) atoms. The normalized spacial score (nSPS) is 11.7. The van der Waals surface area contributed by atoms with Crippen LogP contribution in [0, 0.1) is 0 Å². The molecule has 8 heteroatoms. The minimum Gasteiger partial charge on any atom is -0.456 e. The molecule has 0 aliphatic carbocycles. The van der Waals surface area contributed by atoms with E-state index >= 15 is 0 Å². The van der Waals surface area contributed by atoms with Crippen LogP contribution in [0.4, 0.5) is 0 Å². The van der Waals surface area contributed by atoms with E-state index in [-0.39, 0.29) is 0 Å². The van der Waals surface area contributed by atoms with Crippen LogP contribution in [0.2, 0.25) is 0 Å². The number of hydrogen-bond donors (Lipinski definition) is 0. The predicted octanol–water partition coefficient (Wildman–Crippen LogP) is 27.5. The van der Waals surface area contributed by atoms with E-state index < -0.39 is 0 Å². The molecule has 8 nitrogen and oxygen atoms in total. The Kier molecular flexibility index (Phi) is 14.7. The van der Waals surface area contributed by atoms with Crippen LogP contribution in [0.3, 0.4) is 0 Å². The third-order valence-electron chi connectivity index (χ3n) is 20.9. The molecule has 6 aromatic heterocycles. The van der Waals surface area contributed by atoms with Gasteiger partial charge in [0.1, 0.15) is 44.7 Å². The molecule has 16 aromatic carbocycles. The largest absolute Gasteiger partial charge is 0.456 e. The fraction of sp³-hybridized carbons (Fsp3) is 0. The summed E-state index contributed by atoms with van der Waals surface area (Å²) in [5.74, 6) is 1.29. The van der Waals surface area contributed by atoms with Crippen LogP contribution in [-0.2, 0) is 0 Å². The summed E-state index contributed by atoms with van der Waals surface area (Å²) < 4.78 is 25.6. The van der Waals surface area contributed by atoms with Gasteiger partial charge in [-0.05, 0) is 164 Å². The first-order valence-electron chi connectivity index (χ1n) is 36.3. The van der Waals surface area contributed by atoms with Crippen molar-refractivity contribution in [2.45, 2.75) is 0 Å². The van der Waals surface area contributed by atoms with E-state index in [1.807, 2.05) is 72.8 Å². The first-order valence-corrected chi connectivity index (χ1v) is 36.3. The minimum atomic E-state index is 0.635. The number of benzene rings is 16. The molecule has 0 aliphatic heterocycles. The van der Waals surface area contributed by atoms with E-state index in [0.717, 1.165) is 188 Å². The van der Waals surface area contributed by atoms with E-state index in [4.69, 9.17) is 37.6 Å². The number of rotatable bonds is 10. The maximum atomic E-state index is 6.58. The summed E-state index contributed by atoms with van der Waals surface area (Å²) in [5, 5.41) is 13.4. The molecule has 22 rings (SSSR count). The third kappa shape index (κ3) is 11.1. The molecule has 0 fully saturated rings. The summed E-state index contributed by atoms with van der Waals surface area (Å²) in [7, 11) is 0. The van der Waals surface area contributed by atoms with Gasteiger partial charge < -0.3 is 17.7 Å². The first-order chi connectivity index (χ1) is 53.4. The Bertz CT molecular complexity index is 7070. The Balaban J connectivity index is 0.000000138. The Hall–Kier alpha value is -14.6. The number of fused-ring (bicyclic) bond motifs is 14. The molecule has 0 bridgehead atoms. The summed E-state index contributed by atoms with van der Waals surface area (Å²) in [6.07, 6.45) is 0. The molecule has 0 atom stereocenters. The van der Waals surface area contributed by atoms with Gasteiger partial charge in [-0.3, -0.25) is 0 Å². The van der Waals surface area contributed by atoms with E-state index in [0.29, 0.717) is 11.6 Å². The van der Waals surface area contributed by atoms with Crippen molar-refractivity contribution >= 4 is 109 Å². The van der Waals surface area contributed by atoms with Crippen molar-refractivity contribution in [1.29, 1.82) is 0 Å². The fourth-order valence-corrected chi connectivity index (χ4v) is 15.6. The van der Waals surface area contributed by atoms with Crippen LogP contribution in [-0.4, -0.2) is 19.9 Å². The number of hydrogen-bond acceptors (Lipinski definition) is 8. The van der Waals surface area contributed by atoms with Crippen molar-refractivity contribution in [3.05, 3.63) is 364 Å². The van der Waals surface area contributed by atoms with Gasteiger partial charge in [-0.15, -0.1) is 0 Å². The van der Waals surface area contributed by atoms with Crippen molar-refractivity contribution in [1.82, 2.24) is 19.9 Å². The van der Waals surface area contributed by atoms with Gasteiger partial charge in [0.25, 0.3) is 0 Å². The van der Waals surface area contributed by atoms with Crippen LogP contribution in [0.15, 0.2) is 382 Å². The molecule has 0 radical (unpaired) electrons. The summed E-state index contributed by atoms with van der Waals surface area (Å²) in [5.41, 5.74) is 24.6. The van der Waals surface area contributed by atoms with Crippen molar-refractivity contribution in [2.24, 2.45) is 0 Å². The lowest BCUT2D eigenvalue weighted by Crippen LogP contribution is -1.97. The average Bonchev–Trinajstić information content (AvgIpc) is 1.46. The van der Waals surface area contributed by atoms with Crippen LogP contribution in [0.1, 0.15) is 0 Å². The maximum absolute atomic E-state index is 6.58. The van der Waals surface area contributed by atoms with Gasteiger partial charge in [0.2, 0.25) is 0 Å². The van der Waals surface area contributed by atoms with Crippen molar-refractivity contribution in [3.63, 3.8) is 0 Å². The van der Waals surface area contributed by atoms with Crippen LogP contribution >= 0.6 is 0 Å². The highest BCUT2D eigenvalue weighted by Crippen LogP contribution is 2.45. The summed E-state index contributed by atoms with van der Waals surface area (Å²) in [6, 6.07) is 127. The molecule has 0 saturated heterocycles. The Morgan fingerprint density at radius 2 is 0.472 bits per heavy atom. The monoisotopic (exact) mass is 1380 g/mol. The smallest absolute Gasteiger partial charge is 0.160 e. The van der Waals surface area contributed by atoms with E-state index in [1.165, 1.54) is 21.5 Å². The van der Waals surface area contributed by atoms with Gasteiger partial charge in [-0.2, -0.15) is 0 Å². The molecule has 6 heterocycles. The zero-order valence-electron chi connectivity index (χ0n) is 58.1. The highest BCUT2D eigenvalue weighted by molar-refractivity contribution is 6.13. The van der Waals surface area contributed by atoms with Gasteiger partial charge in [0, 0.05) is 87.6 Å². The molecular weight excluding hydrogens is 1320 g/mol. The topological polar surface area (TPSA) is 104 Å². The molecule has 0 saturated carbocycles. The maximum Gasteiger partial charge on any atom is 0.160 e. The quantitative estimate of drug-likeness (QED) is 0.133. The lowest BCUT2D eigenvalue weighted by molar-refractivity contribution is 0.668. The second-order valence-electron chi connectivity index (χ2n) is 27.6. The minimum absolute atomic E-state index is 0.635. The molecule has 0 N–H and O–H groups in total. The van der Waals surface area contributed by atoms with Crippen molar-refractivity contribution in [3.8, 4) is 112 Å². The van der Waals surface area contributed by atoms with Crippen LogP contribution in [0.5, 0.6) is 0 Å². The fourth-order valence-electron chi connectivity index (χ4n) is 15.6. The standard InChI is InChI=1S/2C50H30N2O2/c1-2-13-32(14-3-1)44-30-45(34-25-24-31-12-4-5-15-33(31)26-34)52-50(51-44)37-28-35(38-18-10-20-42-40-16-6-8-22-46(40)53-48(38)42)27-36(29-37)39-19-11-21-43-41-17-7-9-23-47(41)54-49(39)43;1-2-11-32(12-3-1)44-30-45(36-19-18-31-10-4-5-13-33(31)24-36)52-50(51-44)39-26-37(34-20-22-48-42(28-34)40-14-6-8-16-46(40)53-48)25-38(27-39)35-21-23-49-43(29-35)41-15-7-9-17-47(41)54-49/h2*1-30H.